The molecule has 0 saturated carbocycles. The highest BCUT2D eigenvalue weighted by Crippen LogP contribution is 2.20. The lowest BCUT2D eigenvalue weighted by atomic mass is 10.1. The number of fused-ring (bicyclic) bond motifs is 1. The molecule has 2 aromatic carbocycles. The van der Waals surface area contributed by atoms with Crippen LogP contribution in [0.4, 0.5) is 0 Å². The van der Waals surface area contributed by atoms with Crippen molar-refractivity contribution < 1.29 is 4.74 Å². The smallest absolute Gasteiger partial charge is 0.118 e. The quantitative estimate of drug-likeness (QED) is 0.788. The summed E-state index contributed by atoms with van der Waals surface area (Å²) in [5, 5.41) is 1.25. The summed E-state index contributed by atoms with van der Waals surface area (Å²) in [6.45, 7) is 1.42. The van der Waals surface area contributed by atoms with Gasteiger partial charge in [-0.1, -0.05) is 24.3 Å². The molecule has 1 aromatic heterocycles. The Morgan fingerprint density at radius 2 is 1.75 bits per heavy atom. The van der Waals surface area contributed by atoms with Crippen molar-refractivity contribution in [3.63, 3.8) is 0 Å². The molecule has 102 valence electrons. The fourth-order valence-electron chi connectivity index (χ4n) is 2.42. The summed E-state index contributed by atoms with van der Waals surface area (Å²) in [7, 11) is 1.68. The van der Waals surface area contributed by atoms with E-state index in [0.29, 0.717) is 6.54 Å². The van der Waals surface area contributed by atoms with Gasteiger partial charge in [0.15, 0.2) is 0 Å². The maximum absolute atomic E-state index is 5.72. The van der Waals surface area contributed by atoms with E-state index < -0.39 is 0 Å². The molecule has 20 heavy (non-hydrogen) atoms. The Kier molecular flexibility index (Phi) is 3.44. The van der Waals surface area contributed by atoms with Crippen LogP contribution in [0.3, 0.4) is 0 Å². The predicted molar refractivity (Wildman–Crippen MR) is 81.9 cm³/mol. The largest absolute Gasteiger partial charge is 0.497 e. The first-order valence-corrected chi connectivity index (χ1v) is 6.71. The molecule has 0 amide bonds. The molecule has 0 atom stereocenters. The lowest BCUT2D eigenvalue weighted by Gasteiger charge is -2.08. The van der Waals surface area contributed by atoms with Crippen LogP contribution in [-0.4, -0.2) is 11.7 Å². The van der Waals surface area contributed by atoms with E-state index >= 15 is 0 Å². The number of aromatic nitrogens is 1. The molecule has 2 N–H and O–H groups in total. The van der Waals surface area contributed by atoms with Crippen LogP contribution in [0.15, 0.2) is 54.7 Å². The third kappa shape index (κ3) is 2.40. The van der Waals surface area contributed by atoms with Crippen LogP contribution in [0.25, 0.3) is 10.9 Å². The van der Waals surface area contributed by atoms with Crippen LogP contribution in [-0.2, 0) is 13.1 Å². The third-order valence-corrected chi connectivity index (χ3v) is 3.59. The van der Waals surface area contributed by atoms with Gasteiger partial charge in [-0.25, -0.2) is 0 Å². The summed E-state index contributed by atoms with van der Waals surface area (Å²) in [5.74, 6) is 0.886. The van der Waals surface area contributed by atoms with Gasteiger partial charge in [0.05, 0.1) is 7.11 Å². The second-order valence-corrected chi connectivity index (χ2v) is 4.89. The minimum absolute atomic E-state index is 0.573. The van der Waals surface area contributed by atoms with E-state index in [0.717, 1.165) is 17.9 Å². The molecule has 0 saturated heterocycles. The summed E-state index contributed by atoms with van der Waals surface area (Å²) in [5.41, 5.74) is 9.36. The van der Waals surface area contributed by atoms with Crippen molar-refractivity contribution in [1.82, 2.24) is 4.57 Å². The molecule has 0 aliphatic heterocycles. The van der Waals surface area contributed by atoms with Crippen molar-refractivity contribution in [2.24, 2.45) is 5.73 Å². The minimum atomic E-state index is 0.573. The van der Waals surface area contributed by atoms with Crippen molar-refractivity contribution in [3.8, 4) is 5.75 Å². The molecular weight excluding hydrogens is 248 g/mol. The zero-order valence-electron chi connectivity index (χ0n) is 11.5. The Bertz CT molecular complexity index is 713. The van der Waals surface area contributed by atoms with E-state index in [9.17, 15) is 0 Å². The molecular formula is C17H18N2O. The fourth-order valence-corrected chi connectivity index (χ4v) is 2.42. The molecule has 3 nitrogen and oxygen atoms in total. The Morgan fingerprint density at radius 1 is 1.00 bits per heavy atom. The SMILES string of the molecule is COc1ccc(Cn2ccc3ccc(CN)cc32)cc1. The maximum atomic E-state index is 5.72. The highest BCUT2D eigenvalue weighted by molar-refractivity contribution is 5.80. The van der Waals surface area contributed by atoms with E-state index in [1.807, 2.05) is 12.1 Å². The zero-order chi connectivity index (χ0) is 13.9. The number of nitrogens with two attached hydrogens (primary N) is 1. The summed E-state index contributed by atoms with van der Waals surface area (Å²) >= 11 is 0. The summed E-state index contributed by atoms with van der Waals surface area (Å²) in [4.78, 5) is 0. The highest BCUT2D eigenvalue weighted by atomic mass is 16.5. The monoisotopic (exact) mass is 266 g/mol. The van der Waals surface area contributed by atoms with Crippen molar-refractivity contribution in [2.45, 2.75) is 13.1 Å². The molecule has 0 aliphatic carbocycles. The molecule has 0 aliphatic rings. The lowest BCUT2D eigenvalue weighted by Crippen LogP contribution is -2.00. The van der Waals surface area contributed by atoms with Crippen molar-refractivity contribution >= 4 is 10.9 Å². The van der Waals surface area contributed by atoms with Crippen LogP contribution in [0, 0.1) is 0 Å². The number of methoxy groups -OCH3 is 1. The van der Waals surface area contributed by atoms with Crippen LogP contribution >= 0.6 is 0 Å². The average molecular weight is 266 g/mol. The van der Waals surface area contributed by atoms with E-state index in [2.05, 4.69) is 47.2 Å². The molecule has 1 heterocycles. The number of hydrogen-bond acceptors (Lipinski definition) is 2. The zero-order valence-corrected chi connectivity index (χ0v) is 11.5. The molecule has 0 unspecified atom stereocenters. The Hall–Kier alpha value is -2.26. The lowest BCUT2D eigenvalue weighted by molar-refractivity contribution is 0.414. The number of ether oxygens (including phenoxy) is 1. The second kappa shape index (κ2) is 5.39. The van der Waals surface area contributed by atoms with Gasteiger partial charge in [-0.3, -0.25) is 0 Å². The van der Waals surface area contributed by atoms with Gasteiger partial charge in [0, 0.05) is 24.8 Å². The van der Waals surface area contributed by atoms with Gasteiger partial charge in [0.1, 0.15) is 5.75 Å². The number of rotatable bonds is 4. The summed E-state index contributed by atoms with van der Waals surface area (Å²) in [6, 6.07) is 16.7. The standard InChI is InChI=1S/C17H18N2O/c1-20-16-6-3-13(4-7-16)12-19-9-8-15-5-2-14(11-18)10-17(15)19/h2-10H,11-12,18H2,1H3. The van der Waals surface area contributed by atoms with Crippen molar-refractivity contribution in [2.75, 3.05) is 7.11 Å². The summed E-state index contributed by atoms with van der Waals surface area (Å²) in [6.07, 6.45) is 2.12. The number of nitrogens with zero attached hydrogens (tertiary/aromatic N) is 1. The molecule has 3 rings (SSSR count). The topological polar surface area (TPSA) is 40.2 Å². The van der Waals surface area contributed by atoms with Crippen LogP contribution in [0.5, 0.6) is 5.75 Å². The number of benzene rings is 2. The van der Waals surface area contributed by atoms with Gasteiger partial charge >= 0.3 is 0 Å². The molecule has 0 fully saturated rings. The number of hydrogen-bond donors (Lipinski definition) is 1. The minimum Gasteiger partial charge on any atom is -0.497 e. The molecule has 0 bridgehead atoms. The van der Waals surface area contributed by atoms with Gasteiger partial charge in [-0.15, -0.1) is 0 Å². The first-order chi connectivity index (χ1) is 9.80. The van der Waals surface area contributed by atoms with Gasteiger partial charge in [-0.2, -0.15) is 0 Å². The summed E-state index contributed by atoms with van der Waals surface area (Å²) < 4.78 is 7.43. The van der Waals surface area contributed by atoms with E-state index in [-0.39, 0.29) is 0 Å². The van der Waals surface area contributed by atoms with Crippen molar-refractivity contribution in [3.05, 3.63) is 65.9 Å². The van der Waals surface area contributed by atoms with E-state index in [1.165, 1.54) is 16.5 Å². The molecule has 0 radical (unpaired) electrons. The first kappa shape index (κ1) is 12.8. The van der Waals surface area contributed by atoms with Crippen LogP contribution in [0.1, 0.15) is 11.1 Å². The fraction of sp³-hybridized carbons (Fsp3) is 0.176. The highest BCUT2D eigenvalue weighted by Gasteiger charge is 2.03. The Balaban J connectivity index is 1.93. The molecule has 3 aromatic rings. The van der Waals surface area contributed by atoms with Gasteiger partial charge in [0.2, 0.25) is 0 Å². The second-order valence-electron chi connectivity index (χ2n) is 4.89. The van der Waals surface area contributed by atoms with Gasteiger partial charge < -0.3 is 15.0 Å². The third-order valence-electron chi connectivity index (χ3n) is 3.59. The van der Waals surface area contributed by atoms with Crippen LogP contribution in [0.2, 0.25) is 0 Å². The van der Waals surface area contributed by atoms with Gasteiger partial charge in [-0.05, 0) is 40.8 Å². The van der Waals surface area contributed by atoms with Crippen LogP contribution < -0.4 is 10.5 Å². The maximum Gasteiger partial charge on any atom is 0.118 e. The predicted octanol–water partition coefficient (Wildman–Crippen LogP) is 3.16. The normalized spacial score (nSPS) is 10.9. The first-order valence-electron chi connectivity index (χ1n) is 6.71. The average Bonchev–Trinajstić information content (AvgIpc) is 2.90. The Morgan fingerprint density at radius 3 is 2.45 bits per heavy atom. The molecule has 0 spiro atoms. The van der Waals surface area contributed by atoms with Crippen molar-refractivity contribution in [1.29, 1.82) is 0 Å². The van der Waals surface area contributed by atoms with Gasteiger partial charge in [0.25, 0.3) is 0 Å². The molecule has 3 heteroatoms. The van der Waals surface area contributed by atoms with E-state index in [1.54, 1.807) is 7.11 Å². The Labute approximate surface area is 118 Å². The van der Waals surface area contributed by atoms with E-state index in [4.69, 9.17) is 10.5 Å².